The molecule has 2 N–H and O–H groups in total. The molecule has 11 heterocycles. The van der Waals surface area contributed by atoms with Crippen LogP contribution in [0.15, 0.2) is 76.9 Å². The molecule has 0 aliphatic carbocycles. The van der Waals surface area contributed by atoms with Gasteiger partial charge in [-0.05, 0) is 158 Å². The minimum absolute atomic E-state index is 0.0280. The molecule has 96 heavy (non-hydrogen) atoms. The number of pyridine rings is 1. The number of hydrogen-bond acceptors (Lipinski definition) is 19. The second-order valence-corrected chi connectivity index (χ2v) is 30.4. The van der Waals surface area contributed by atoms with E-state index in [-0.39, 0.29) is 89.9 Å². The number of hydrogen-bond donors (Lipinski definition) is 2. The molecule has 3 aromatic carbocycles. The van der Waals surface area contributed by atoms with Gasteiger partial charge in [-0.25, -0.2) is 14.2 Å². The number of nitrogens with zero attached hydrogens (tertiary/aromatic N) is 11. The SMILES string of the molecule is CCc1cccc2cc(OCOC)cc(-c3ncc4c(N5CC6CCC(C5)N6C(=O)OC(C)(C)C)nc(OC[C@@]56CCCN5[C@H](CN5CCC7(CC5)CN(c5cc([C@@H](C(=O)N8C[C@H](O)C[C@H]8C(=O)N[C@@H](C)c8ccc(-c9scnc9C)cc8)C(C)C)on5)C7)CC6)nc4c3F)c12. The molecule has 8 atom stereocenters. The summed E-state index contributed by atoms with van der Waals surface area (Å²) in [5.41, 5.74) is 6.05. The number of piperidine rings is 1. The fraction of sp³-hybridized carbons (Fsp3) is 0.562. The number of methoxy groups -OCH3 is 1. The Morgan fingerprint density at radius 2 is 1.68 bits per heavy atom. The molecule has 21 nitrogen and oxygen atoms in total. The normalized spacial score (nSPS) is 24.1. The third-order valence-corrected chi connectivity index (χ3v) is 22.7. The van der Waals surface area contributed by atoms with E-state index in [4.69, 9.17) is 38.4 Å². The Morgan fingerprint density at radius 3 is 2.39 bits per heavy atom. The Morgan fingerprint density at radius 1 is 0.906 bits per heavy atom. The summed E-state index contributed by atoms with van der Waals surface area (Å²) in [7, 11) is 1.57. The van der Waals surface area contributed by atoms with Crippen molar-refractivity contribution in [3.8, 4) is 33.5 Å². The quantitative estimate of drug-likeness (QED) is 0.0719. The van der Waals surface area contributed by atoms with Gasteiger partial charge in [0.25, 0.3) is 0 Å². The standard InChI is InChI=1S/C73H91FN12O9S/c1-10-46-13-11-14-49-29-54(93-42-91-9)31-55(61(46)49)63-62(74)64-56(33-75-63)66(82-35-51-19-20-52(36-82)86(51)70(90)94-71(6,7)8)79-69(78-64)92-40-73-22-12-26-85(73)50(21-23-73)34-81-27-24-72(25-28-81)38-83(39-72)59-32-58(95-80-59)60(43(2)3)68(89)84-37-53(87)30-57(84)67(88)77-44(4)47-15-17-48(18-16-47)65-45(5)76-41-96-65/h11,13-18,29,31-33,41,43-44,50-53,57,60,87H,10,12,19-28,30,34-40,42H2,1-9H3,(H,77,88)/t44-,50-,51?,52?,53+,57-,60-,73-/m0/s1. The van der Waals surface area contributed by atoms with Crippen LogP contribution in [0.25, 0.3) is 43.4 Å². The zero-order chi connectivity index (χ0) is 66.9. The van der Waals surface area contributed by atoms with E-state index < -0.39 is 29.5 Å². The van der Waals surface area contributed by atoms with Crippen molar-refractivity contribution in [2.45, 2.75) is 173 Å². The van der Waals surface area contributed by atoms with E-state index >= 15 is 4.39 Å². The van der Waals surface area contributed by atoms with Crippen molar-refractivity contribution in [2.24, 2.45) is 11.3 Å². The number of carbonyl (C=O) groups is 3. The molecule has 510 valence electrons. The molecule has 7 aliphatic heterocycles. The average Bonchev–Trinajstić information content (AvgIpc) is 0.875. The maximum Gasteiger partial charge on any atom is 0.410 e. The van der Waals surface area contributed by atoms with Crippen LogP contribution in [-0.2, 0) is 25.5 Å². The van der Waals surface area contributed by atoms with E-state index in [9.17, 15) is 19.5 Å². The number of piperazine rings is 1. The Labute approximate surface area is 565 Å². The fourth-order valence-electron chi connectivity index (χ4n) is 16.8. The van der Waals surface area contributed by atoms with Gasteiger partial charge in [-0.3, -0.25) is 24.4 Å². The van der Waals surface area contributed by atoms with E-state index in [0.29, 0.717) is 59.8 Å². The highest BCUT2D eigenvalue weighted by molar-refractivity contribution is 7.13. The van der Waals surface area contributed by atoms with Gasteiger partial charge in [0.15, 0.2) is 24.2 Å². The molecule has 1 spiro atoms. The molecule has 7 aromatic rings. The summed E-state index contributed by atoms with van der Waals surface area (Å²) in [5, 5.41) is 20.8. The van der Waals surface area contributed by atoms with Crippen LogP contribution in [0.4, 0.5) is 20.8 Å². The van der Waals surface area contributed by atoms with E-state index in [0.717, 1.165) is 135 Å². The molecule has 7 saturated heterocycles. The molecule has 23 heteroatoms. The van der Waals surface area contributed by atoms with Crippen LogP contribution < -0.4 is 24.6 Å². The van der Waals surface area contributed by atoms with Crippen molar-refractivity contribution < 1.29 is 47.4 Å². The second-order valence-electron chi connectivity index (χ2n) is 29.6. The zero-order valence-electron chi connectivity index (χ0n) is 56.8. The van der Waals surface area contributed by atoms with Crippen molar-refractivity contribution in [2.75, 3.05) is 89.2 Å². The number of aromatic nitrogens is 5. The maximum atomic E-state index is 18.0. The van der Waals surface area contributed by atoms with E-state index in [1.54, 1.807) is 24.6 Å². The third-order valence-electron chi connectivity index (χ3n) is 21.7. The average molecular weight is 1330 g/mol. The number of nitrogens with one attached hydrogen (secondary N) is 1. The topological polar surface area (TPSA) is 217 Å². The first kappa shape index (κ1) is 65.7. The molecular formula is C73H91FN12O9S. The zero-order valence-corrected chi connectivity index (χ0v) is 57.6. The van der Waals surface area contributed by atoms with Gasteiger partial charge in [-0.1, -0.05) is 68.4 Å². The molecule has 14 rings (SSSR count). The summed E-state index contributed by atoms with van der Waals surface area (Å²) in [5.74, 6) is 0.271. The predicted molar refractivity (Wildman–Crippen MR) is 366 cm³/mol. The molecule has 0 saturated carbocycles. The predicted octanol–water partition coefficient (Wildman–Crippen LogP) is 11.1. The molecular weight excluding hydrogens is 1240 g/mol. The van der Waals surface area contributed by atoms with Gasteiger partial charge in [0.05, 0.1) is 51.2 Å². The number of aryl methyl sites for hydroxylation is 2. The number of β-amino-alcohol motifs (C(OH)–C–C–N with tert-alkyl or cyclic N) is 1. The summed E-state index contributed by atoms with van der Waals surface area (Å²) >= 11 is 1.59. The first-order chi connectivity index (χ1) is 46.2. The molecule has 2 unspecified atom stereocenters. The van der Waals surface area contributed by atoms with Crippen molar-refractivity contribution >= 4 is 62.6 Å². The summed E-state index contributed by atoms with van der Waals surface area (Å²) in [6.07, 6.45) is 9.24. The minimum Gasteiger partial charge on any atom is -0.468 e. The number of carbonyl (C=O) groups excluding carboxylic acids is 3. The minimum atomic E-state index is -0.827. The number of thiazole rings is 1. The van der Waals surface area contributed by atoms with Crippen molar-refractivity contribution in [3.63, 3.8) is 0 Å². The highest BCUT2D eigenvalue weighted by Crippen LogP contribution is 2.48. The number of halogens is 1. The number of anilines is 2. The number of rotatable bonds is 19. The van der Waals surface area contributed by atoms with Crippen molar-refractivity contribution in [1.29, 1.82) is 0 Å². The molecule has 4 aromatic heterocycles. The number of amides is 3. The maximum absolute atomic E-state index is 18.0. The van der Waals surface area contributed by atoms with Gasteiger partial charge in [-0.2, -0.15) is 9.97 Å². The third kappa shape index (κ3) is 12.6. The Kier molecular flexibility index (Phi) is 18.0. The first-order valence-corrected chi connectivity index (χ1v) is 35.5. The van der Waals surface area contributed by atoms with Gasteiger partial charge in [0.2, 0.25) is 11.8 Å². The van der Waals surface area contributed by atoms with Crippen LogP contribution in [0.2, 0.25) is 0 Å². The van der Waals surface area contributed by atoms with Gasteiger partial charge >= 0.3 is 12.1 Å². The number of benzene rings is 3. The number of aliphatic hydroxyl groups excluding tert-OH is 1. The van der Waals surface area contributed by atoms with Gasteiger partial charge < -0.3 is 53.5 Å². The van der Waals surface area contributed by atoms with Crippen molar-refractivity contribution in [3.05, 3.63) is 101 Å². The number of ether oxygens (including phenoxy) is 4. The van der Waals surface area contributed by atoms with Gasteiger partial charge in [0.1, 0.15) is 46.9 Å². The molecule has 2 bridgehead atoms. The summed E-state index contributed by atoms with van der Waals surface area (Å²) in [4.78, 5) is 75.9. The lowest BCUT2D eigenvalue weighted by Gasteiger charge is -2.54. The monoisotopic (exact) mass is 1330 g/mol. The largest absolute Gasteiger partial charge is 0.468 e. The van der Waals surface area contributed by atoms with Crippen LogP contribution in [-0.4, -0.2) is 189 Å². The second kappa shape index (κ2) is 26.4. The van der Waals surface area contributed by atoms with Gasteiger partial charge in [0, 0.05) is 82.1 Å². The Hall–Kier alpha value is -7.57. The van der Waals surface area contributed by atoms with Crippen LogP contribution in [0, 0.1) is 24.1 Å². The van der Waals surface area contributed by atoms with Crippen molar-refractivity contribution in [1.82, 2.24) is 50.0 Å². The molecule has 7 aliphatic rings. The molecule has 7 fully saturated rings. The number of likely N-dealkylation sites (tertiary alicyclic amines) is 2. The highest BCUT2D eigenvalue weighted by Gasteiger charge is 2.53. The summed E-state index contributed by atoms with van der Waals surface area (Å²) in [6.45, 7) is 22.7. The lowest BCUT2D eigenvalue weighted by molar-refractivity contribution is -0.141. The fourth-order valence-corrected chi connectivity index (χ4v) is 17.6. The van der Waals surface area contributed by atoms with Crippen LogP contribution in [0.3, 0.4) is 0 Å². The lowest BCUT2D eigenvalue weighted by atomic mass is 9.72. The van der Waals surface area contributed by atoms with Crippen LogP contribution in [0.5, 0.6) is 11.8 Å². The lowest BCUT2D eigenvalue weighted by Crippen LogP contribution is -2.61. The summed E-state index contributed by atoms with van der Waals surface area (Å²) < 4.78 is 48.0. The highest BCUT2D eigenvalue weighted by atomic mass is 32.1. The van der Waals surface area contributed by atoms with E-state index in [1.807, 2.05) is 113 Å². The molecule has 3 amide bonds. The van der Waals surface area contributed by atoms with Crippen LogP contribution in [0.1, 0.15) is 141 Å². The number of aliphatic hydroxyl groups is 1. The van der Waals surface area contributed by atoms with Gasteiger partial charge in [-0.15, -0.1) is 11.3 Å². The van der Waals surface area contributed by atoms with E-state index in [2.05, 4.69) is 48.0 Å². The van der Waals surface area contributed by atoms with E-state index in [1.165, 1.54) is 4.90 Å². The Bertz CT molecular complexity index is 4020. The van der Waals surface area contributed by atoms with Crippen LogP contribution >= 0.6 is 11.3 Å². The number of fused-ring (bicyclic) bond motifs is 5. The Balaban J connectivity index is 0.627. The summed E-state index contributed by atoms with van der Waals surface area (Å²) in [6, 6.07) is 18.9. The smallest absolute Gasteiger partial charge is 0.410 e. The molecule has 0 radical (unpaired) electrons. The first-order valence-electron chi connectivity index (χ1n) is 34.6.